The van der Waals surface area contributed by atoms with Crippen LogP contribution in [0.25, 0.3) is 0 Å². The second-order valence-electron chi connectivity index (χ2n) is 6.33. The standard InChI is InChI=1S/C20H22N4O6/c1-13-7-8-15(24(27)28)10-18(13)21-19(25)9-14(2)22-23-20(26)12-30-17-6-4-5-16(11-17)29-3/h4-8,10-11H,9,12H2,1-3H3,(H,21,25)(H,23,26). The number of hydrazone groups is 1. The Kier molecular flexibility index (Phi) is 7.86. The van der Waals surface area contributed by atoms with Crippen LogP contribution in [0.3, 0.4) is 0 Å². The average molecular weight is 414 g/mol. The minimum Gasteiger partial charge on any atom is -0.497 e. The molecule has 0 saturated carbocycles. The number of anilines is 1. The van der Waals surface area contributed by atoms with Gasteiger partial charge in [0.05, 0.1) is 24.1 Å². The van der Waals surface area contributed by atoms with Gasteiger partial charge in [-0.3, -0.25) is 19.7 Å². The minimum absolute atomic E-state index is 0.0981. The average Bonchev–Trinajstić information content (AvgIpc) is 2.72. The van der Waals surface area contributed by atoms with Crippen molar-refractivity contribution in [3.8, 4) is 11.5 Å². The highest BCUT2D eigenvalue weighted by Crippen LogP contribution is 2.22. The molecule has 2 aromatic rings. The van der Waals surface area contributed by atoms with E-state index < -0.39 is 16.7 Å². The van der Waals surface area contributed by atoms with Gasteiger partial charge in [0.1, 0.15) is 11.5 Å². The number of nitro groups is 1. The summed E-state index contributed by atoms with van der Waals surface area (Å²) in [6.45, 7) is 3.04. The van der Waals surface area contributed by atoms with Crippen LogP contribution in [0.1, 0.15) is 18.9 Å². The summed E-state index contributed by atoms with van der Waals surface area (Å²) in [7, 11) is 1.53. The quantitative estimate of drug-likeness (QED) is 0.368. The number of methoxy groups -OCH3 is 1. The molecule has 0 aliphatic carbocycles. The number of carbonyl (C=O) groups is 2. The van der Waals surface area contributed by atoms with Crippen molar-refractivity contribution in [1.29, 1.82) is 0 Å². The summed E-state index contributed by atoms with van der Waals surface area (Å²) in [5.74, 6) is 0.164. The Balaban J connectivity index is 1.84. The largest absolute Gasteiger partial charge is 0.497 e. The Morgan fingerprint density at radius 3 is 2.57 bits per heavy atom. The highest BCUT2D eigenvalue weighted by Gasteiger charge is 2.12. The maximum absolute atomic E-state index is 12.2. The maximum Gasteiger partial charge on any atom is 0.277 e. The van der Waals surface area contributed by atoms with Gasteiger partial charge in [0.2, 0.25) is 5.91 Å². The molecule has 0 spiro atoms. The molecule has 158 valence electrons. The van der Waals surface area contributed by atoms with E-state index in [2.05, 4.69) is 15.8 Å². The molecule has 0 aliphatic heterocycles. The van der Waals surface area contributed by atoms with E-state index in [1.54, 1.807) is 44.2 Å². The van der Waals surface area contributed by atoms with Crippen molar-refractivity contribution in [2.24, 2.45) is 5.10 Å². The van der Waals surface area contributed by atoms with E-state index in [-0.39, 0.29) is 18.7 Å². The molecule has 0 aromatic heterocycles. The van der Waals surface area contributed by atoms with Gasteiger partial charge in [-0.25, -0.2) is 5.43 Å². The van der Waals surface area contributed by atoms with E-state index in [0.717, 1.165) is 0 Å². The molecule has 10 nitrogen and oxygen atoms in total. The zero-order valence-electron chi connectivity index (χ0n) is 16.8. The first kappa shape index (κ1) is 22.3. The third kappa shape index (κ3) is 6.89. The molecule has 0 unspecified atom stereocenters. The lowest BCUT2D eigenvalue weighted by molar-refractivity contribution is -0.384. The predicted molar refractivity (Wildman–Crippen MR) is 111 cm³/mol. The second-order valence-corrected chi connectivity index (χ2v) is 6.33. The van der Waals surface area contributed by atoms with Crippen LogP contribution in [0.2, 0.25) is 0 Å². The van der Waals surface area contributed by atoms with Gasteiger partial charge < -0.3 is 14.8 Å². The summed E-state index contributed by atoms with van der Waals surface area (Å²) in [6.07, 6.45) is -0.0981. The predicted octanol–water partition coefficient (Wildman–Crippen LogP) is 2.81. The number of hydrogen-bond donors (Lipinski definition) is 2. The summed E-state index contributed by atoms with van der Waals surface area (Å²) in [5.41, 5.74) is 3.57. The van der Waals surface area contributed by atoms with Crippen LogP contribution in [0.15, 0.2) is 47.6 Å². The number of non-ortho nitro benzene ring substituents is 1. The van der Waals surface area contributed by atoms with Gasteiger partial charge in [0.25, 0.3) is 11.6 Å². The molecule has 2 amide bonds. The highest BCUT2D eigenvalue weighted by atomic mass is 16.6. The number of nitrogens with zero attached hydrogens (tertiary/aromatic N) is 2. The van der Waals surface area contributed by atoms with Crippen LogP contribution >= 0.6 is 0 Å². The van der Waals surface area contributed by atoms with Gasteiger partial charge in [-0.15, -0.1) is 0 Å². The lowest BCUT2D eigenvalue weighted by Gasteiger charge is -2.09. The van der Waals surface area contributed by atoms with E-state index in [1.807, 2.05) is 0 Å². The third-order valence-electron chi connectivity index (χ3n) is 3.91. The topological polar surface area (TPSA) is 132 Å². The second kappa shape index (κ2) is 10.6. The first-order valence-electron chi connectivity index (χ1n) is 8.92. The fourth-order valence-corrected chi connectivity index (χ4v) is 2.35. The molecule has 0 atom stereocenters. The van der Waals surface area contributed by atoms with Crippen molar-refractivity contribution in [3.05, 3.63) is 58.1 Å². The first-order chi connectivity index (χ1) is 14.3. The van der Waals surface area contributed by atoms with Crippen molar-refractivity contribution in [1.82, 2.24) is 5.43 Å². The van der Waals surface area contributed by atoms with Gasteiger partial charge in [-0.2, -0.15) is 5.10 Å². The van der Waals surface area contributed by atoms with Gasteiger partial charge >= 0.3 is 0 Å². The number of nitro benzene ring substituents is 1. The van der Waals surface area contributed by atoms with Crippen LogP contribution in [0, 0.1) is 17.0 Å². The van der Waals surface area contributed by atoms with Crippen LogP contribution in [0.4, 0.5) is 11.4 Å². The van der Waals surface area contributed by atoms with Crippen molar-refractivity contribution in [2.75, 3.05) is 19.0 Å². The smallest absolute Gasteiger partial charge is 0.277 e. The van der Waals surface area contributed by atoms with Gasteiger partial charge in [-0.05, 0) is 31.5 Å². The summed E-state index contributed by atoms with van der Waals surface area (Å²) in [6, 6.07) is 11.0. The van der Waals surface area contributed by atoms with Crippen molar-refractivity contribution >= 4 is 28.9 Å². The molecule has 0 fully saturated rings. The Bertz CT molecular complexity index is 974. The number of aryl methyl sites for hydroxylation is 1. The fraction of sp³-hybridized carbons (Fsp3) is 0.250. The van der Waals surface area contributed by atoms with E-state index in [0.29, 0.717) is 28.5 Å². The van der Waals surface area contributed by atoms with Gasteiger partial charge in [0.15, 0.2) is 6.61 Å². The van der Waals surface area contributed by atoms with Gasteiger partial charge in [-0.1, -0.05) is 12.1 Å². The van der Waals surface area contributed by atoms with E-state index in [4.69, 9.17) is 9.47 Å². The molecular weight excluding hydrogens is 392 g/mol. The molecule has 2 N–H and O–H groups in total. The van der Waals surface area contributed by atoms with Crippen LogP contribution < -0.4 is 20.2 Å². The zero-order valence-corrected chi connectivity index (χ0v) is 16.8. The summed E-state index contributed by atoms with van der Waals surface area (Å²) in [5, 5.41) is 17.3. The number of carbonyl (C=O) groups excluding carboxylic acids is 2. The van der Waals surface area contributed by atoms with Gasteiger partial charge in [0, 0.05) is 23.9 Å². The Morgan fingerprint density at radius 1 is 1.13 bits per heavy atom. The monoisotopic (exact) mass is 414 g/mol. The molecule has 2 rings (SSSR count). The summed E-state index contributed by atoms with van der Waals surface area (Å²) < 4.78 is 10.4. The molecule has 2 aromatic carbocycles. The molecular formula is C20H22N4O6. The summed E-state index contributed by atoms with van der Waals surface area (Å²) >= 11 is 0. The lowest BCUT2D eigenvalue weighted by atomic mass is 10.1. The van der Waals surface area contributed by atoms with Crippen LogP contribution in [-0.4, -0.2) is 36.2 Å². The van der Waals surface area contributed by atoms with Crippen molar-refractivity contribution in [2.45, 2.75) is 20.3 Å². The number of rotatable bonds is 9. The van der Waals surface area contributed by atoms with Crippen molar-refractivity contribution in [3.63, 3.8) is 0 Å². The highest BCUT2D eigenvalue weighted by molar-refractivity contribution is 6.06. The lowest BCUT2D eigenvalue weighted by Crippen LogP contribution is -2.26. The molecule has 10 heteroatoms. The number of amides is 2. The zero-order chi connectivity index (χ0) is 22.1. The van der Waals surface area contributed by atoms with E-state index in [9.17, 15) is 19.7 Å². The molecule has 0 aliphatic rings. The SMILES string of the molecule is COc1cccc(OCC(=O)NN=C(C)CC(=O)Nc2cc([N+](=O)[O-])ccc2C)c1. The van der Waals surface area contributed by atoms with E-state index in [1.165, 1.54) is 19.2 Å². The minimum atomic E-state index is -0.537. The van der Waals surface area contributed by atoms with Crippen LogP contribution in [0.5, 0.6) is 11.5 Å². The maximum atomic E-state index is 12.2. The Hall–Kier alpha value is -3.95. The Labute approximate surface area is 173 Å². The molecule has 0 saturated heterocycles. The number of ether oxygens (including phenoxy) is 2. The van der Waals surface area contributed by atoms with Crippen molar-refractivity contribution < 1.29 is 24.0 Å². The number of benzene rings is 2. The normalized spacial score (nSPS) is 10.8. The van der Waals surface area contributed by atoms with E-state index >= 15 is 0 Å². The third-order valence-corrected chi connectivity index (χ3v) is 3.91. The number of nitrogens with one attached hydrogen (secondary N) is 2. The molecule has 0 bridgehead atoms. The Morgan fingerprint density at radius 2 is 1.87 bits per heavy atom. The van der Waals surface area contributed by atoms with Crippen LogP contribution in [-0.2, 0) is 9.59 Å². The fourth-order valence-electron chi connectivity index (χ4n) is 2.35. The number of hydrogen-bond acceptors (Lipinski definition) is 7. The molecule has 0 radical (unpaired) electrons. The first-order valence-corrected chi connectivity index (χ1v) is 8.92. The summed E-state index contributed by atoms with van der Waals surface area (Å²) in [4.78, 5) is 34.4. The molecule has 0 heterocycles. The molecule has 30 heavy (non-hydrogen) atoms.